The number of methoxy groups -OCH3 is 1. The lowest BCUT2D eigenvalue weighted by molar-refractivity contribution is -0.318. The summed E-state index contributed by atoms with van der Waals surface area (Å²) in [5, 5.41) is 123. The number of phenolic OH excluding ortho intramolecular Hbond substituents is 2. The summed E-state index contributed by atoms with van der Waals surface area (Å²) >= 11 is 0. The Hall–Kier alpha value is -3.91. The molecule has 6 rings (SSSR count). The minimum absolute atomic E-state index is 0.00102. The molecule has 0 spiro atoms. The summed E-state index contributed by atoms with van der Waals surface area (Å²) in [5.74, 6) is -2.53. The Labute approximate surface area is 309 Å². The van der Waals surface area contributed by atoms with Gasteiger partial charge in [-0.05, 0) is 25.1 Å². The Morgan fingerprint density at radius 3 is 1.93 bits per heavy atom. The van der Waals surface area contributed by atoms with Crippen molar-refractivity contribution >= 4 is 11.0 Å². The first-order valence-electron chi connectivity index (χ1n) is 16.9. The molecule has 0 amide bonds. The van der Waals surface area contributed by atoms with Crippen molar-refractivity contribution in [1.82, 2.24) is 0 Å². The molecule has 0 aliphatic carbocycles. The number of hydrogen-bond donors (Lipinski definition) is 12. The van der Waals surface area contributed by atoms with Crippen molar-refractivity contribution in [2.24, 2.45) is 0 Å². The number of hydrogen-bond acceptors (Lipinski definition) is 21. The van der Waals surface area contributed by atoms with E-state index in [0.717, 1.165) is 12.1 Å². The predicted molar refractivity (Wildman–Crippen MR) is 178 cm³/mol. The number of phenols is 2. The second-order valence-electron chi connectivity index (χ2n) is 13.3. The minimum Gasteiger partial charge on any atom is -0.508 e. The highest BCUT2D eigenvalue weighted by Gasteiger charge is 2.48. The predicted octanol–water partition coefficient (Wildman–Crippen LogP) is -3.91. The van der Waals surface area contributed by atoms with Crippen LogP contribution >= 0.6 is 0 Å². The van der Waals surface area contributed by atoms with Crippen LogP contribution in [0.1, 0.15) is 6.92 Å². The van der Waals surface area contributed by atoms with Gasteiger partial charge in [0.2, 0.25) is 23.8 Å². The van der Waals surface area contributed by atoms with Gasteiger partial charge in [-0.15, -0.1) is 0 Å². The summed E-state index contributed by atoms with van der Waals surface area (Å²) in [6, 6.07) is 5.71. The molecule has 4 heterocycles. The molecule has 21 nitrogen and oxygen atoms in total. The fourth-order valence-electron chi connectivity index (χ4n) is 6.37. The highest BCUT2D eigenvalue weighted by atomic mass is 16.7. The first-order chi connectivity index (χ1) is 26.1. The fraction of sp³-hybridized carbons (Fsp3) is 0.559. The zero-order chi connectivity index (χ0) is 40.0. The molecule has 0 bridgehead atoms. The van der Waals surface area contributed by atoms with Crippen LogP contribution in [0.2, 0.25) is 0 Å². The molecular formula is C34H42O21. The van der Waals surface area contributed by atoms with Crippen LogP contribution in [-0.2, 0) is 18.9 Å². The Kier molecular flexibility index (Phi) is 12.1. The molecule has 0 saturated carbocycles. The highest BCUT2D eigenvalue weighted by molar-refractivity contribution is 5.88. The molecule has 55 heavy (non-hydrogen) atoms. The van der Waals surface area contributed by atoms with Gasteiger partial charge in [0.05, 0.1) is 26.4 Å². The molecule has 3 aliphatic rings. The van der Waals surface area contributed by atoms with Gasteiger partial charge in [-0.3, -0.25) is 4.79 Å². The number of aromatic hydroxyl groups is 2. The largest absolute Gasteiger partial charge is 0.508 e. The van der Waals surface area contributed by atoms with Gasteiger partial charge >= 0.3 is 0 Å². The van der Waals surface area contributed by atoms with Gasteiger partial charge < -0.3 is 98.9 Å². The normalized spacial score (nSPS) is 36.8. The molecule has 1 aromatic heterocycles. The highest BCUT2D eigenvalue weighted by Crippen LogP contribution is 2.41. The van der Waals surface area contributed by atoms with Gasteiger partial charge in [-0.1, -0.05) is 0 Å². The van der Waals surface area contributed by atoms with E-state index in [0.29, 0.717) is 0 Å². The lowest BCUT2D eigenvalue weighted by atomic mass is 9.98. The van der Waals surface area contributed by atoms with E-state index in [9.17, 15) is 66.1 Å². The number of ether oxygens (including phenoxy) is 7. The lowest BCUT2D eigenvalue weighted by Gasteiger charge is -2.42. The number of fused-ring (bicyclic) bond motifs is 1. The summed E-state index contributed by atoms with van der Waals surface area (Å²) in [4.78, 5) is 14.0. The van der Waals surface area contributed by atoms with E-state index in [-0.39, 0.29) is 22.6 Å². The third kappa shape index (κ3) is 7.77. The molecular weight excluding hydrogens is 744 g/mol. The maximum Gasteiger partial charge on any atom is 0.239 e. The molecule has 15 atom stereocenters. The SMILES string of the molecule is COc1cc(-c2oc3cc(O)cc(O)c3c(=O)c2O[C@@H]2O[C@@H](CO[C@@H]3O[C@@H](C)[C@H](O)[C@H](O)[C@H]3O)[C@H](O)[C@H](O)[C@@H]2O)ccc1O[C@H]1O[C@@H](CO)[C@H](O)[C@H](O)[C@@H]1O. The van der Waals surface area contributed by atoms with E-state index in [1.807, 2.05) is 0 Å². The van der Waals surface area contributed by atoms with Gasteiger partial charge in [0.1, 0.15) is 89.6 Å². The van der Waals surface area contributed by atoms with Crippen LogP contribution in [0.15, 0.2) is 39.5 Å². The Bertz CT molecular complexity index is 1870. The molecule has 304 valence electrons. The summed E-state index contributed by atoms with van der Waals surface area (Å²) in [7, 11) is 1.23. The van der Waals surface area contributed by atoms with Crippen molar-refractivity contribution in [2.45, 2.75) is 99.0 Å². The second-order valence-corrected chi connectivity index (χ2v) is 13.3. The van der Waals surface area contributed by atoms with Crippen LogP contribution in [0.3, 0.4) is 0 Å². The van der Waals surface area contributed by atoms with E-state index in [1.54, 1.807) is 0 Å². The average Bonchev–Trinajstić information content (AvgIpc) is 3.16. The third-order valence-electron chi connectivity index (χ3n) is 9.57. The summed E-state index contributed by atoms with van der Waals surface area (Å²) in [5.41, 5.74) is -1.39. The molecule has 3 aliphatic heterocycles. The first kappa shape index (κ1) is 40.7. The van der Waals surface area contributed by atoms with E-state index >= 15 is 0 Å². The van der Waals surface area contributed by atoms with Gasteiger partial charge in [-0.2, -0.15) is 0 Å². The molecule has 2 aromatic carbocycles. The van der Waals surface area contributed by atoms with Crippen LogP contribution in [0.5, 0.6) is 28.7 Å². The number of aliphatic hydroxyl groups is 10. The van der Waals surface area contributed by atoms with Crippen LogP contribution in [-0.4, -0.2) is 174 Å². The van der Waals surface area contributed by atoms with Gasteiger partial charge in [0.15, 0.2) is 23.5 Å². The smallest absolute Gasteiger partial charge is 0.239 e. The van der Waals surface area contributed by atoms with Gasteiger partial charge in [0.25, 0.3) is 0 Å². The Balaban J connectivity index is 1.33. The Morgan fingerprint density at radius 1 is 0.673 bits per heavy atom. The lowest BCUT2D eigenvalue weighted by Crippen LogP contribution is -2.61. The second kappa shape index (κ2) is 16.3. The fourth-order valence-corrected chi connectivity index (χ4v) is 6.37. The van der Waals surface area contributed by atoms with E-state index in [1.165, 1.54) is 32.2 Å². The quantitative estimate of drug-likeness (QED) is 0.0934. The van der Waals surface area contributed by atoms with E-state index in [4.69, 9.17) is 37.6 Å². The van der Waals surface area contributed by atoms with Crippen LogP contribution in [0.25, 0.3) is 22.3 Å². The van der Waals surface area contributed by atoms with Crippen molar-refractivity contribution < 1.29 is 98.9 Å². The zero-order valence-electron chi connectivity index (χ0n) is 29.0. The van der Waals surface area contributed by atoms with Crippen molar-refractivity contribution in [2.75, 3.05) is 20.3 Å². The molecule has 21 heteroatoms. The van der Waals surface area contributed by atoms with Crippen molar-refractivity contribution in [3.8, 4) is 40.1 Å². The summed E-state index contributed by atoms with van der Waals surface area (Å²) < 4.78 is 44.9. The van der Waals surface area contributed by atoms with Gasteiger partial charge in [-0.25, -0.2) is 0 Å². The monoisotopic (exact) mass is 786 g/mol. The average molecular weight is 787 g/mol. The number of rotatable bonds is 10. The molecule has 0 unspecified atom stereocenters. The first-order valence-corrected chi connectivity index (χ1v) is 16.9. The zero-order valence-corrected chi connectivity index (χ0v) is 29.0. The summed E-state index contributed by atoms with van der Waals surface area (Å²) in [6.07, 6.45) is -24.7. The van der Waals surface area contributed by atoms with E-state index < -0.39 is 139 Å². The minimum atomic E-state index is -2.03. The third-order valence-corrected chi connectivity index (χ3v) is 9.57. The van der Waals surface area contributed by atoms with E-state index in [2.05, 4.69) is 0 Å². The van der Waals surface area contributed by atoms with Crippen LogP contribution in [0, 0.1) is 0 Å². The van der Waals surface area contributed by atoms with Crippen LogP contribution in [0.4, 0.5) is 0 Å². The summed E-state index contributed by atoms with van der Waals surface area (Å²) in [6.45, 7) is 0.0497. The molecule has 12 N–H and O–H groups in total. The maximum atomic E-state index is 14.0. The van der Waals surface area contributed by atoms with Crippen molar-refractivity contribution in [3.05, 3.63) is 40.6 Å². The van der Waals surface area contributed by atoms with Crippen LogP contribution < -0.4 is 19.6 Å². The maximum absolute atomic E-state index is 14.0. The Morgan fingerprint density at radius 2 is 1.27 bits per heavy atom. The standard InChI is InChI=1S/C34H42O21/c1-10-20(38)24(42)27(45)32(50-10)49-9-18-22(40)26(44)29(47)34(54-18)55-31-23(41)19-13(37)6-12(36)7-16(19)51-30(31)11-3-4-14(15(5-11)48-2)52-33-28(46)25(43)21(39)17(8-35)53-33/h3-7,10,17-18,20-22,24-29,32-40,42-47H,8-9H2,1-2H3/t10-,17-,18-,20-,21-,22-,24-,25-,26-,27+,28-,29-,32+,33-,34-/m0/s1. The molecule has 3 fully saturated rings. The van der Waals surface area contributed by atoms with Crippen molar-refractivity contribution in [3.63, 3.8) is 0 Å². The van der Waals surface area contributed by atoms with Gasteiger partial charge in [0, 0.05) is 17.7 Å². The number of aliphatic hydroxyl groups excluding tert-OH is 10. The number of benzene rings is 2. The molecule has 0 radical (unpaired) electrons. The molecule has 3 aromatic rings. The molecule has 3 saturated heterocycles. The van der Waals surface area contributed by atoms with Crippen molar-refractivity contribution in [1.29, 1.82) is 0 Å². The topological polar surface area (TPSA) is 338 Å².